The molecule has 212 valence electrons. The van der Waals surface area contributed by atoms with E-state index < -0.39 is 17.4 Å². The molecular formula is C32H31F3N4O2. The number of aryl methyl sites for hydroxylation is 1. The summed E-state index contributed by atoms with van der Waals surface area (Å²) in [7, 11) is 0. The number of hydrogen-bond acceptors (Lipinski definition) is 4. The predicted molar refractivity (Wildman–Crippen MR) is 151 cm³/mol. The maximum atomic E-state index is 13.7. The maximum absolute atomic E-state index is 13.7. The van der Waals surface area contributed by atoms with E-state index >= 15 is 0 Å². The molecule has 1 aromatic heterocycles. The van der Waals surface area contributed by atoms with Gasteiger partial charge in [0.1, 0.15) is 0 Å². The van der Waals surface area contributed by atoms with Gasteiger partial charge in [0.25, 0.3) is 11.5 Å². The second-order valence-corrected chi connectivity index (χ2v) is 10.9. The summed E-state index contributed by atoms with van der Waals surface area (Å²) in [5.74, 6) is -0.276. The summed E-state index contributed by atoms with van der Waals surface area (Å²) < 4.78 is 42.0. The van der Waals surface area contributed by atoms with Crippen molar-refractivity contribution in [3.8, 4) is 5.69 Å². The number of halogens is 3. The monoisotopic (exact) mass is 560 g/mol. The summed E-state index contributed by atoms with van der Waals surface area (Å²) in [6, 6.07) is 17.9. The van der Waals surface area contributed by atoms with Gasteiger partial charge in [-0.15, -0.1) is 0 Å². The first-order valence-electron chi connectivity index (χ1n) is 14.1. The van der Waals surface area contributed by atoms with Crippen LogP contribution in [0.2, 0.25) is 0 Å². The number of likely N-dealkylation sites (tertiary alicyclic amines) is 1. The topological polar surface area (TPSA) is 67.2 Å². The van der Waals surface area contributed by atoms with Gasteiger partial charge in [0.15, 0.2) is 5.69 Å². The maximum Gasteiger partial charge on any atom is 0.435 e. The number of piperidine rings is 1. The van der Waals surface area contributed by atoms with Crippen molar-refractivity contribution in [1.29, 1.82) is 0 Å². The third-order valence-electron chi connectivity index (χ3n) is 8.13. The minimum Gasteiger partial charge on any atom is -0.345 e. The van der Waals surface area contributed by atoms with Gasteiger partial charge in [0, 0.05) is 17.5 Å². The minimum atomic E-state index is -4.74. The summed E-state index contributed by atoms with van der Waals surface area (Å²) in [6.07, 6.45) is 1.87. The van der Waals surface area contributed by atoms with Crippen molar-refractivity contribution < 1.29 is 18.0 Å². The molecule has 6 nitrogen and oxygen atoms in total. The van der Waals surface area contributed by atoms with Crippen LogP contribution in [0.15, 0.2) is 71.5 Å². The summed E-state index contributed by atoms with van der Waals surface area (Å²) in [5, 5.41) is 6.46. The molecule has 2 aliphatic rings. The molecule has 1 atom stereocenters. The van der Waals surface area contributed by atoms with Gasteiger partial charge in [-0.2, -0.15) is 23.0 Å². The standard InChI is InChI=1S/C32H31F3N4O2/c33-32(34,35)29-26-8-2-3-9-27(26)31(41)39(37-29)24-14-12-22(13-15-24)30(40)36-28-10-6-7-23-19-21(11-16-25(23)28)20-38-17-4-1-5-18-38/h2-3,8-9,11-16,19,28H,1,4-7,10,17-18,20H2,(H,36,40)/t28-/m1/s1. The number of alkyl halides is 3. The Morgan fingerprint density at radius 1 is 0.927 bits per heavy atom. The Bertz CT molecular complexity index is 1640. The zero-order chi connectivity index (χ0) is 28.6. The molecule has 3 aromatic carbocycles. The normalized spacial score (nSPS) is 17.8. The molecule has 41 heavy (non-hydrogen) atoms. The highest BCUT2D eigenvalue weighted by Gasteiger charge is 2.36. The summed E-state index contributed by atoms with van der Waals surface area (Å²) in [4.78, 5) is 28.7. The second kappa shape index (κ2) is 11.1. The molecule has 1 aliphatic heterocycles. The molecule has 0 unspecified atom stereocenters. The zero-order valence-corrected chi connectivity index (χ0v) is 22.6. The Balaban J connectivity index is 1.21. The Morgan fingerprint density at radius 3 is 2.39 bits per heavy atom. The molecule has 0 spiro atoms. The van der Waals surface area contributed by atoms with E-state index in [1.54, 1.807) is 0 Å². The van der Waals surface area contributed by atoms with Gasteiger partial charge in [-0.25, -0.2) is 0 Å². The number of rotatable bonds is 5. The van der Waals surface area contributed by atoms with Crippen LogP contribution < -0.4 is 10.9 Å². The number of nitrogens with one attached hydrogen (secondary N) is 1. The average molecular weight is 561 g/mol. The lowest BCUT2D eigenvalue weighted by atomic mass is 9.86. The third-order valence-corrected chi connectivity index (χ3v) is 8.13. The molecule has 0 radical (unpaired) electrons. The van der Waals surface area contributed by atoms with Gasteiger partial charge >= 0.3 is 6.18 Å². The SMILES string of the molecule is O=C(N[C@@H]1CCCc2cc(CN3CCCCC3)ccc21)c1ccc(-n2nc(C(F)(F)F)c3ccccc3c2=O)cc1. The Labute approximate surface area is 235 Å². The van der Waals surface area contributed by atoms with Crippen molar-refractivity contribution in [2.45, 2.75) is 57.3 Å². The number of fused-ring (bicyclic) bond motifs is 2. The minimum absolute atomic E-state index is 0.0771. The molecule has 1 amide bonds. The first-order valence-corrected chi connectivity index (χ1v) is 14.1. The van der Waals surface area contributed by atoms with E-state index in [9.17, 15) is 22.8 Å². The first kappa shape index (κ1) is 27.2. The van der Waals surface area contributed by atoms with Crippen molar-refractivity contribution in [1.82, 2.24) is 20.0 Å². The third kappa shape index (κ3) is 5.63. The van der Waals surface area contributed by atoms with E-state index in [0.717, 1.165) is 49.1 Å². The Morgan fingerprint density at radius 2 is 1.66 bits per heavy atom. The highest BCUT2D eigenvalue weighted by Crippen LogP contribution is 2.33. The zero-order valence-electron chi connectivity index (χ0n) is 22.6. The molecule has 0 bridgehead atoms. The molecule has 0 saturated carbocycles. The van der Waals surface area contributed by atoms with Crippen LogP contribution in [-0.4, -0.2) is 33.7 Å². The highest BCUT2D eigenvalue weighted by atomic mass is 19.4. The number of benzene rings is 3. The van der Waals surface area contributed by atoms with Crippen LogP contribution >= 0.6 is 0 Å². The van der Waals surface area contributed by atoms with E-state index in [0.29, 0.717) is 5.56 Å². The van der Waals surface area contributed by atoms with Crippen LogP contribution in [0, 0.1) is 0 Å². The lowest BCUT2D eigenvalue weighted by molar-refractivity contribution is -0.140. The number of carbonyl (C=O) groups is 1. The summed E-state index contributed by atoms with van der Waals surface area (Å²) >= 11 is 0. The fourth-order valence-electron chi connectivity index (χ4n) is 6.06. The van der Waals surface area contributed by atoms with Crippen LogP contribution in [0.3, 0.4) is 0 Å². The number of carbonyl (C=O) groups excluding carboxylic acids is 1. The highest BCUT2D eigenvalue weighted by molar-refractivity contribution is 5.94. The lowest BCUT2D eigenvalue weighted by Gasteiger charge is -2.29. The molecule has 6 rings (SSSR count). The number of aromatic nitrogens is 2. The van der Waals surface area contributed by atoms with E-state index in [1.807, 2.05) is 0 Å². The molecular weight excluding hydrogens is 529 g/mol. The molecule has 4 aromatic rings. The van der Waals surface area contributed by atoms with Crippen LogP contribution in [-0.2, 0) is 19.1 Å². The van der Waals surface area contributed by atoms with Crippen molar-refractivity contribution in [2.75, 3.05) is 13.1 Å². The van der Waals surface area contributed by atoms with Crippen molar-refractivity contribution >= 4 is 16.7 Å². The number of nitrogens with zero attached hydrogens (tertiary/aromatic N) is 3. The van der Waals surface area contributed by atoms with Gasteiger partial charge < -0.3 is 5.32 Å². The second-order valence-electron chi connectivity index (χ2n) is 10.9. The summed E-state index contributed by atoms with van der Waals surface area (Å²) in [5.41, 5.74) is 2.41. The van der Waals surface area contributed by atoms with E-state index in [1.165, 1.54) is 78.9 Å². The van der Waals surface area contributed by atoms with Gasteiger partial charge in [0.05, 0.1) is 17.1 Å². The average Bonchev–Trinajstić information content (AvgIpc) is 2.97. The molecule has 1 aliphatic carbocycles. The van der Waals surface area contributed by atoms with Crippen LogP contribution in [0.1, 0.15) is 70.9 Å². The quantitative estimate of drug-likeness (QED) is 0.316. The molecule has 9 heteroatoms. The number of hydrogen-bond donors (Lipinski definition) is 1. The van der Waals surface area contributed by atoms with Gasteiger partial charge in [-0.05, 0) is 92.2 Å². The molecule has 2 heterocycles. The van der Waals surface area contributed by atoms with Crippen LogP contribution in [0.4, 0.5) is 13.2 Å². The fraction of sp³-hybridized carbons (Fsp3) is 0.344. The Kier molecular flexibility index (Phi) is 7.38. The molecule has 1 N–H and O–H groups in total. The van der Waals surface area contributed by atoms with Crippen molar-refractivity contribution in [2.24, 2.45) is 0 Å². The van der Waals surface area contributed by atoms with Crippen LogP contribution in [0.5, 0.6) is 0 Å². The molecule has 1 saturated heterocycles. The van der Waals surface area contributed by atoms with E-state index in [-0.39, 0.29) is 28.4 Å². The smallest absolute Gasteiger partial charge is 0.345 e. The largest absolute Gasteiger partial charge is 0.435 e. The van der Waals surface area contributed by atoms with E-state index in [4.69, 9.17) is 0 Å². The van der Waals surface area contributed by atoms with Gasteiger partial charge in [-0.1, -0.05) is 42.8 Å². The van der Waals surface area contributed by atoms with Crippen LogP contribution in [0.25, 0.3) is 16.5 Å². The Hall–Kier alpha value is -3.98. The van der Waals surface area contributed by atoms with Crippen molar-refractivity contribution in [3.63, 3.8) is 0 Å². The van der Waals surface area contributed by atoms with Crippen molar-refractivity contribution in [3.05, 3.63) is 105 Å². The molecule has 1 fully saturated rings. The van der Waals surface area contributed by atoms with Gasteiger partial charge in [-0.3, -0.25) is 14.5 Å². The number of amides is 1. The lowest BCUT2D eigenvalue weighted by Crippen LogP contribution is -2.31. The van der Waals surface area contributed by atoms with Gasteiger partial charge in [0.2, 0.25) is 0 Å². The first-order chi connectivity index (χ1) is 19.8. The summed E-state index contributed by atoms with van der Waals surface area (Å²) in [6.45, 7) is 3.24. The fourth-order valence-corrected chi connectivity index (χ4v) is 6.06. The predicted octanol–water partition coefficient (Wildman–Crippen LogP) is 6.20. The van der Waals surface area contributed by atoms with E-state index in [2.05, 4.69) is 33.5 Å².